The molecule has 0 fully saturated rings. The Balaban J connectivity index is 1.11. The van der Waals surface area contributed by atoms with Crippen LogP contribution >= 0.6 is 0 Å². The van der Waals surface area contributed by atoms with Crippen molar-refractivity contribution in [1.29, 1.82) is 0 Å². The van der Waals surface area contributed by atoms with Gasteiger partial charge in [-0.2, -0.15) is 0 Å². The predicted octanol–water partition coefficient (Wildman–Crippen LogP) is 14.6. The number of rotatable bonds is 6. The van der Waals surface area contributed by atoms with Crippen LogP contribution in [0.5, 0.6) is 0 Å². The lowest BCUT2D eigenvalue weighted by Gasteiger charge is -2.35. The molecule has 9 aromatic carbocycles. The van der Waals surface area contributed by atoms with Crippen LogP contribution in [0.25, 0.3) is 44.2 Å². The average molecular weight is 728 g/mol. The predicted molar refractivity (Wildman–Crippen MR) is 239 cm³/mol. The normalized spacial score (nSPS) is 14.1. The first-order valence-electron chi connectivity index (χ1n) is 20.0. The van der Waals surface area contributed by atoms with Crippen molar-refractivity contribution in [3.05, 3.63) is 246 Å². The third-order valence-corrected chi connectivity index (χ3v) is 12.7. The van der Waals surface area contributed by atoms with Gasteiger partial charge in [0.05, 0.1) is 5.41 Å². The van der Waals surface area contributed by atoms with Gasteiger partial charge in [-0.15, -0.1) is 0 Å². The quantitative estimate of drug-likeness (QED) is 0.165. The summed E-state index contributed by atoms with van der Waals surface area (Å²) in [7, 11) is 0. The summed E-state index contributed by atoms with van der Waals surface area (Å²) in [5.74, 6) is 0. The molecular formula is C56H41N. The molecule has 11 rings (SSSR count). The van der Waals surface area contributed by atoms with E-state index >= 15 is 0 Å². The van der Waals surface area contributed by atoms with Gasteiger partial charge in [-0.25, -0.2) is 0 Å². The Labute approximate surface area is 335 Å². The van der Waals surface area contributed by atoms with Crippen LogP contribution in [-0.2, 0) is 10.8 Å². The highest BCUT2D eigenvalue weighted by atomic mass is 15.1. The second-order valence-corrected chi connectivity index (χ2v) is 16.1. The molecule has 1 heteroatoms. The standard InChI is InChI=1S/C56H41N/c1-55(2)51-24-11-8-21-47(51)50-34-33-46(37-54(50)55)57(44-31-29-39(30-32-44)41-28-27-38-15-6-7-16-40(38)35-41)45-20-14-19-43(36-45)56(42-17-4-3-5-18-42)52-25-12-9-22-48(52)49-23-10-13-26-53(49)56/h3-37H,1-2H3. The molecule has 2 aliphatic rings. The van der Waals surface area contributed by atoms with Crippen LogP contribution in [0.1, 0.15) is 47.2 Å². The Morgan fingerprint density at radius 1 is 0.316 bits per heavy atom. The molecule has 0 N–H and O–H groups in total. The fourth-order valence-electron chi connectivity index (χ4n) is 10.0. The van der Waals surface area contributed by atoms with Crippen LogP contribution in [0, 0.1) is 0 Å². The van der Waals surface area contributed by atoms with Gasteiger partial charge < -0.3 is 4.90 Å². The van der Waals surface area contributed by atoms with E-state index in [2.05, 4.69) is 231 Å². The van der Waals surface area contributed by atoms with Crippen LogP contribution in [0.4, 0.5) is 17.1 Å². The molecule has 0 aliphatic heterocycles. The molecule has 0 aromatic heterocycles. The van der Waals surface area contributed by atoms with Crippen LogP contribution in [0.2, 0.25) is 0 Å². The number of anilines is 3. The molecule has 270 valence electrons. The first-order valence-corrected chi connectivity index (χ1v) is 20.0. The van der Waals surface area contributed by atoms with Crippen LogP contribution in [-0.4, -0.2) is 0 Å². The molecule has 57 heavy (non-hydrogen) atoms. The van der Waals surface area contributed by atoms with Gasteiger partial charge in [0.15, 0.2) is 0 Å². The summed E-state index contributed by atoms with van der Waals surface area (Å²) in [5, 5.41) is 2.51. The van der Waals surface area contributed by atoms with Gasteiger partial charge in [-0.05, 0) is 120 Å². The lowest BCUT2D eigenvalue weighted by Crippen LogP contribution is -2.28. The van der Waals surface area contributed by atoms with Crippen molar-refractivity contribution < 1.29 is 0 Å². The Morgan fingerprint density at radius 3 is 1.56 bits per heavy atom. The van der Waals surface area contributed by atoms with E-state index in [1.54, 1.807) is 0 Å². The van der Waals surface area contributed by atoms with E-state index in [0.717, 1.165) is 17.1 Å². The fourth-order valence-corrected chi connectivity index (χ4v) is 10.0. The number of fused-ring (bicyclic) bond motifs is 7. The summed E-state index contributed by atoms with van der Waals surface area (Å²) in [5.41, 5.74) is 18.3. The maximum atomic E-state index is 2.46. The van der Waals surface area contributed by atoms with Gasteiger partial charge in [0.25, 0.3) is 0 Å². The molecule has 2 aliphatic carbocycles. The Morgan fingerprint density at radius 2 is 0.842 bits per heavy atom. The highest BCUT2D eigenvalue weighted by Crippen LogP contribution is 2.57. The Bertz CT molecular complexity index is 2940. The van der Waals surface area contributed by atoms with E-state index in [1.165, 1.54) is 77.5 Å². The Kier molecular flexibility index (Phi) is 7.50. The minimum atomic E-state index is -0.488. The SMILES string of the molecule is CC1(C)c2ccccc2-c2ccc(N(c3ccc(-c4ccc5ccccc5c4)cc3)c3cccc(C4(c5ccccc5)c5ccccc5-c5ccccc54)c3)cc21. The Hall–Kier alpha value is -6.96. The monoisotopic (exact) mass is 727 g/mol. The third-order valence-electron chi connectivity index (χ3n) is 12.7. The van der Waals surface area contributed by atoms with Crippen molar-refractivity contribution in [3.63, 3.8) is 0 Å². The van der Waals surface area contributed by atoms with Gasteiger partial charge in [0, 0.05) is 22.5 Å². The largest absolute Gasteiger partial charge is 0.310 e. The second kappa shape index (κ2) is 12.8. The second-order valence-electron chi connectivity index (χ2n) is 16.1. The maximum Gasteiger partial charge on any atom is 0.0714 e. The number of hydrogen-bond acceptors (Lipinski definition) is 1. The van der Waals surface area contributed by atoms with E-state index in [0.29, 0.717) is 0 Å². The van der Waals surface area contributed by atoms with Gasteiger partial charge in [0.1, 0.15) is 0 Å². The minimum absolute atomic E-state index is 0.121. The molecule has 0 bridgehead atoms. The molecule has 0 amide bonds. The minimum Gasteiger partial charge on any atom is -0.310 e. The van der Waals surface area contributed by atoms with E-state index in [-0.39, 0.29) is 5.41 Å². The smallest absolute Gasteiger partial charge is 0.0714 e. The fraction of sp³-hybridized carbons (Fsp3) is 0.0714. The maximum absolute atomic E-state index is 2.46. The lowest BCUT2D eigenvalue weighted by atomic mass is 9.67. The van der Waals surface area contributed by atoms with Crippen molar-refractivity contribution in [3.8, 4) is 33.4 Å². The van der Waals surface area contributed by atoms with Crippen molar-refractivity contribution in [2.24, 2.45) is 0 Å². The zero-order valence-electron chi connectivity index (χ0n) is 32.2. The molecule has 0 radical (unpaired) electrons. The van der Waals surface area contributed by atoms with E-state index in [9.17, 15) is 0 Å². The summed E-state index contributed by atoms with van der Waals surface area (Å²) in [6, 6.07) is 78.8. The van der Waals surface area contributed by atoms with Crippen molar-refractivity contribution in [1.82, 2.24) is 0 Å². The van der Waals surface area contributed by atoms with Crippen LogP contribution in [0.3, 0.4) is 0 Å². The summed E-state index contributed by atoms with van der Waals surface area (Å²) in [4.78, 5) is 2.46. The highest BCUT2D eigenvalue weighted by molar-refractivity contribution is 5.90. The summed E-state index contributed by atoms with van der Waals surface area (Å²) in [6.45, 7) is 4.73. The molecule has 0 saturated heterocycles. The van der Waals surface area contributed by atoms with Crippen molar-refractivity contribution in [2.75, 3.05) is 4.90 Å². The van der Waals surface area contributed by atoms with Gasteiger partial charge in [-0.3, -0.25) is 0 Å². The van der Waals surface area contributed by atoms with Gasteiger partial charge in [-0.1, -0.05) is 184 Å². The first kappa shape index (κ1) is 33.4. The van der Waals surface area contributed by atoms with Crippen LogP contribution < -0.4 is 4.90 Å². The van der Waals surface area contributed by atoms with E-state index in [1.807, 2.05) is 0 Å². The average Bonchev–Trinajstić information content (AvgIpc) is 3.70. The molecular weight excluding hydrogens is 687 g/mol. The summed E-state index contributed by atoms with van der Waals surface area (Å²) < 4.78 is 0. The number of hydrogen-bond donors (Lipinski definition) is 0. The topological polar surface area (TPSA) is 3.24 Å². The zero-order valence-corrected chi connectivity index (χ0v) is 32.2. The number of nitrogens with zero attached hydrogens (tertiary/aromatic N) is 1. The third kappa shape index (κ3) is 5.02. The molecule has 9 aromatic rings. The van der Waals surface area contributed by atoms with E-state index in [4.69, 9.17) is 0 Å². The highest BCUT2D eigenvalue weighted by Gasteiger charge is 2.46. The van der Waals surface area contributed by atoms with Gasteiger partial charge in [0.2, 0.25) is 0 Å². The molecule has 1 nitrogen and oxygen atoms in total. The van der Waals surface area contributed by atoms with Crippen LogP contribution in [0.15, 0.2) is 212 Å². The molecule has 0 unspecified atom stereocenters. The molecule has 0 atom stereocenters. The molecule has 0 spiro atoms. The molecule has 0 heterocycles. The first-order chi connectivity index (χ1) is 28.0. The van der Waals surface area contributed by atoms with Crippen molar-refractivity contribution >= 4 is 27.8 Å². The lowest BCUT2D eigenvalue weighted by molar-refractivity contribution is 0.660. The summed E-state index contributed by atoms with van der Waals surface area (Å²) in [6.07, 6.45) is 0. The summed E-state index contributed by atoms with van der Waals surface area (Å²) >= 11 is 0. The van der Waals surface area contributed by atoms with Gasteiger partial charge >= 0.3 is 0 Å². The number of benzene rings is 9. The zero-order chi connectivity index (χ0) is 38.1. The van der Waals surface area contributed by atoms with E-state index < -0.39 is 5.41 Å². The van der Waals surface area contributed by atoms with Crippen molar-refractivity contribution in [2.45, 2.75) is 24.7 Å². The molecule has 0 saturated carbocycles.